The quantitative estimate of drug-likeness (QED) is 0.124. The normalized spacial score (nSPS) is 15.1. The maximum Gasteiger partial charge on any atom is 0.338 e. The van der Waals surface area contributed by atoms with E-state index in [1.54, 1.807) is 36.8 Å². The van der Waals surface area contributed by atoms with E-state index in [0.29, 0.717) is 48.6 Å². The van der Waals surface area contributed by atoms with Crippen LogP contribution in [0.4, 0.5) is 0 Å². The summed E-state index contributed by atoms with van der Waals surface area (Å²) in [6, 6.07) is 25.2. The lowest BCUT2D eigenvalue weighted by atomic mass is 9.93. The number of benzene rings is 4. The summed E-state index contributed by atoms with van der Waals surface area (Å²) >= 11 is 9.77. The van der Waals surface area contributed by atoms with Gasteiger partial charge in [-0.15, -0.1) is 0 Å². The fourth-order valence-electron chi connectivity index (χ4n) is 5.72. The number of hydrogen-bond acceptors (Lipinski definition) is 9. The average Bonchev–Trinajstić information content (AvgIpc) is 3.71. The summed E-state index contributed by atoms with van der Waals surface area (Å²) in [6.07, 6.45) is 1.79. The van der Waals surface area contributed by atoms with Gasteiger partial charge < -0.3 is 23.7 Å². The third-order valence-electron chi connectivity index (χ3n) is 7.97. The van der Waals surface area contributed by atoms with Crippen LogP contribution in [0.5, 0.6) is 23.0 Å². The van der Waals surface area contributed by atoms with Gasteiger partial charge in [-0.25, -0.2) is 9.79 Å². The molecular formula is C37H28ClIN2O7S. The Bertz CT molecular complexity index is 2300. The first-order valence-corrected chi connectivity index (χ1v) is 17.5. The van der Waals surface area contributed by atoms with Gasteiger partial charge >= 0.3 is 5.97 Å². The molecular weight excluding hydrogens is 779 g/mol. The Morgan fingerprint density at radius 2 is 1.84 bits per heavy atom. The van der Waals surface area contributed by atoms with Crippen molar-refractivity contribution in [2.24, 2.45) is 4.99 Å². The van der Waals surface area contributed by atoms with Crippen LogP contribution in [0.2, 0.25) is 5.02 Å². The van der Waals surface area contributed by atoms with Crippen LogP contribution in [-0.2, 0) is 16.1 Å². The van der Waals surface area contributed by atoms with Crippen LogP contribution in [0.15, 0.2) is 100 Å². The average molecular weight is 807 g/mol. The largest absolute Gasteiger partial charge is 0.493 e. The van der Waals surface area contributed by atoms with Gasteiger partial charge in [0.2, 0.25) is 6.79 Å². The molecule has 2 aliphatic rings. The summed E-state index contributed by atoms with van der Waals surface area (Å²) in [4.78, 5) is 33.5. The van der Waals surface area contributed by atoms with E-state index in [-0.39, 0.29) is 31.1 Å². The highest BCUT2D eigenvalue weighted by atomic mass is 127. The topological polar surface area (TPSA) is 97.6 Å². The van der Waals surface area contributed by atoms with E-state index in [0.717, 1.165) is 20.3 Å². The molecule has 0 N–H and O–H groups in total. The minimum Gasteiger partial charge on any atom is -0.493 e. The SMILES string of the molecule is CCOC(=O)C1=C(c2ccccc2)N=c2s/c(=C\c3cc(I)c(OCc4ccccc4Cl)c(OC)c3)c(=O)n2[C@H]1c1ccc2c(c1)OCO2. The van der Waals surface area contributed by atoms with Gasteiger partial charge in [-0.2, -0.15) is 0 Å². The fourth-order valence-corrected chi connectivity index (χ4v) is 7.69. The minimum absolute atomic E-state index is 0.0868. The molecule has 4 aromatic carbocycles. The fraction of sp³-hybridized carbons (Fsp3) is 0.162. The Labute approximate surface area is 303 Å². The molecule has 2 aliphatic heterocycles. The zero-order chi connectivity index (χ0) is 34.1. The van der Waals surface area contributed by atoms with E-state index in [4.69, 9.17) is 40.3 Å². The number of rotatable bonds is 9. The van der Waals surface area contributed by atoms with E-state index < -0.39 is 12.0 Å². The number of esters is 1. The number of halogens is 2. The molecule has 248 valence electrons. The molecule has 0 radical (unpaired) electrons. The number of fused-ring (bicyclic) bond motifs is 2. The minimum atomic E-state index is -0.850. The summed E-state index contributed by atoms with van der Waals surface area (Å²) in [7, 11) is 1.57. The summed E-state index contributed by atoms with van der Waals surface area (Å²) in [5.74, 6) is 1.63. The Balaban J connectivity index is 1.37. The zero-order valence-corrected chi connectivity index (χ0v) is 30.0. The number of carbonyl (C=O) groups is 1. The number of thiazole rings is 1. The summed E-state index contributed by atoms with van der Waals surface area (Å²) in [5, 5.41) is 0.615. The van der Waals surface area contributed by atoms with Gasteiger partial charge in [0.1, 0.15) is 6.61 Å². The molecule has 1 atom stereocenters. The molecule has 49 heavy (non-hydrogen) atoms. The van der Waals surface area contributed by atoms with Crippen LogP contribution in [0.3, 0.4) is 0 Å². The molecule has 0 spiro atoms. The van der Waals surface area contributed by atoms with Gasteiger partial charge in [-0.05, 0) is 77.0 Å². The lowest BCUT2D eigenvalue weighted by molar-refractivity contribution is -0.138. The smallest absolute Gasteiger partial charge is 0.338 e. The van der Waals surface area contributed by atoms with E-state index in [9.17, 15) is 9.59 Å². The van der Waals surface area contributed by atoms with Crippen molar-refractivity contribution in [3.8, 4) is 23.0 Å². The number of carbonyl (C=O) groups excluding carboxylic acids is 1. The van der Waals surface area contributed by atoms with Crippen LogP contribution in [0, 0.1) is 3.57 Å². The van der Waals surface area contributed by atoms with Gasteiger partial charge in [0.15, 0.2) is 27.8 Å². The van der Waals surface area contributed by atoms with Gasteiger partial charge in [0.05, 0.1) is 39.1 Å². The summed E-state index contributed by atoms with van der Waals surface area (Å²) in [6.45, 7) is 2.25. The van der Waals surface area contributed by atoms with E-state index in [1.165, 1.54) is 11.3 Å². The Morgan fingerprint density at radius 1 is 1.06 bits per heavy atom. The van der Waals surface area contributed by atoms with Gasteiger partial charge in [0, 0.05) is 16.1 Å². The van der Waals surface area contributed by atoms with Crippen LogP contribution in [0.1, 0.15) is 35.2 Å². The van der Waals surface area contributed by atoms with E-state index >= 15 is 0 Å². The molecule has 1 aromatic heterocycles. The van der Waals surface area contributed by atoms with Crippen molar-refractivity contribution < 1.29 is 28.5 Å². The van der Waals surface area contributed by atoms with Crippen molar-refractivity contribution in [2.75, 3.05) is 20.5 Å². The summed E-state index contributed by atoms with van der Waals surface area (Å²) in [5.41, 5.74) is 3.33. The first kappa shape index (κ1) is 32.9. The lowest BCUT2D eigenvalue weighted by Crippen LogP contribution is -2.40. The first-order valence-electron chi connectivity index (χ1n) is 15.3. The number of hydrogen-bond donors (Lipinski definition) is 0. The standard InChI is InChI=1S/C37H28ClIN2O7S/c1-3-45-36(43)31-32(22-9-5-4-6-10-22)40-37-41(33(31)23-13-14-27-28(18-23)48-20-47-27)35(42)30(49-37)17-21-15-26(39)34(29(16-21)44-2)46-19-24-11-7-8-12-25(24)38/h4-18,33H,3,19-20H2,1-2H3/b30-17-/t33-/m0/s1. The number of nitrogens with zero attached hydrogens (tertiary/aromatic N) is 2. The Kier molecular flexibility index (Phi) is 9.48. The van der Waals surface area contributed by atoms with Crippen LogP contribution in [0.25, 0.3) is 11.8 Å². The van der Waals surface area contributed by atoms with Crippen LogP contribution in [-0.4, -0.2) is 31.0 Å². The van der Waals surface area contributed by atoms with Crippen molar-refractivity contribution in [3.63, 3.8) is 0 Å². The predicted octanol–water partition coefficient (Wildman–Crippen LogP) is 6.51. The van der Waals surface area contributed by atoms with Gasteiger partial charge in [-0.1, -0.05) is 77.5 Å². The second-order valence-electron chi connectivity index (χ2n) is 11.0. The van der Waals surface area contributed by atoms with E-state index in [1.807, 2.05) is 72.8 Å². The summed E-state index contributed by atoms with van der Waals surface area (Å²) < 4.78 is 31.4. The van der Waals surface area contributed by atoms with Gasteiger partial charge in [-0.3, -0.25) is 9.36 Å². The highest BCUT2D eigenvalue weighted by Gasteiger charge is 2.36. The molecule has 7 rings (SSSR count). The predicted molar refractivity (Wildman–Crippen MR) is 195 cm³/mol. The molecule has 0 aliphatic carbocycles. The molecule has 0 amide bonds. The van der Waals surface area contributed by atoms with E-state index in [2.05, 4.69) is 22.6 Å². The van der Waals surface area contributed by atoms with Crippen LogP contribution >= 0.6 is 45.5 Å². The second kappa shape index (κ2) is 14.1. The lowest BCUT2D eigenvalue weighted by Gasteiger charge is -2.26. The van der Waals surface area contributed by atoms with Crippen molar-refractivity contribution in [2.45, 2.75) is 19.6 Å². The molecule has 0 unspecified atom stereocenters. The zero-order valence-electron chi connectivity index (χ0n) is 26.3. The van der Waals surface area contributed by atoms with Crippen LogP contribution < -0.4 is 33.8 Å². The van der Waals surface area contributed by atoms with Crippen molar-refractivity contribution >= 4 is 63.3 Å². The molecule has 0 saturated carbocycles. The molecule has 0 fully saturated rings. The number of aromatic nitrogens is 1. The highest BCUT2D eigenvalue weighted by Crippen LogP contribution is 2.40. The maximum atomic E-state index is 14.4. The molecule has 9 nitrogen and oxygen atoms in total. The molecule has 0 saturated heterocycles. The third-order valence-corrected chi connectivity index (χ3v) is 10.1. The first-order chi connectivity index (χ1) is 23.9. The monoisotopic (exact) mass is 806 g/mol. The Hall–Kier alpha value is -4.59. The Morgan fingerprint density at radius 3 is 2.61 bits per heavy atom. The van der Waals surface area contributed by atoms with Gasteiger partial charge in [0.25, 0.3) is 5.56 Å². The number of methoxy groups -OCH3 is 1. The highest BCUT2D eigenvalue weighted by molar-refractivity contribution is 14.1. The second-order valence-corrected chi connectivity index (χ2v) is 13.5. The van der Waals surface area contributed by atoms with Crippen molar-refractivity contribution in [1.29, 1.82) is 0 Å². The van der Waals surface area contributed by atoms with Crippen molar-refractivity contribution in [1.82, 2.24) is 4.57 Å². The molecule has 0 bridgehead atoms. The van der Waals surface area contributed by atoms with Crippen molar-refractivity contribution in [3.05, 3.63) is 141 Å². The molecule has 3 heterocycles. The molecule has 12 heteroatoms. The maximum absolute atomic E-state index is 14.4. The molecule has 5 aromatic rings. The third kappa shape index (κ3) is 6.45. The number of ether oxygens (including phenoxy) is 5.